The number of anilines is 1. The minimum Gasteiger partial charge on any atom is -0.369 e. The number of nitrogens with zero attached hydrogens (tertiary/aromatic N) is 4. The number of aliphatic imine (C=N–C) groups is 1. The number of guanidine groups is 1. The monoisotopic (exact) mass is 424 g/mol. The minimum absolute atomic E-state index is 0.315. The fraction of sp³-hybridized carbons (Fsp3) is 0.318. The molecule has 7 nitrogen and oxygen atoms in total. The van der Waals surface area contributed by atoms with Crippen LogP contribution in [0.3, 0.4) is 0 Å². The van der Waals surface area contributed by atoms with E-state index in [0.29, 0.717) is 29.3 Å². The molecule has 2 N–H and O–H groups in total. The molecule has 1 saturated heterocycles. The number of hydrogen-bond acceptors (Lipinski definition) is 5. The van der Waals surface area contributed by atoms with Crippen molar-refractivity contribution in [1.82, 2.24) is 20.8 Å². The molecule has 4 rings (SSSR count). The smallest absolute Gasteiger partial charge is 0.246 e. The first-order valence-electron chi connectivity index (χ1n) is 10.1. The molecule has 0 amide bonds. The quantitative estimate of drug-likeness (QED) is 0.480. The molecule has 30 heavy (non-hydrogen) atoms. The van der Waals surface area contributed by atoms with E-state index in [1.54, 1.807) is 7.05 Å². The maximum Gasteiger partial charge on any atom is 0.246 e. The van der Waals surface area contributed by atoms with Gasteiger partial charge in [-0.2, -0.15) is 4.98 Å². The summed E-state index contributed by atoms with van der Waals surface area (Å²) in [7, 11) is 1.76. The highest BCUT2D eigenvalue weighted by atomic mass is 35.5. The first-order chi connectivity index (χ1) is 14.7. The zero-order valence-corrected chi connectivity index (χ0v) is 17.6. The summed E-state index contributed by atoms with van der Waals surface area (Å²) in [5.74, 6) is 1.72. The van der Waals surface area contributed by atoms with Crippen LogP contribution < -0.4 is 15.5 Å². The Balaban J connectivity index is 1.32. The average Bonchev–Trinajstić information content (AvgIpc) is 3.26. The third kappa shape index (κ3) is 5.10. The van der Waals surface area contributed by atoms with E-state index in [4.69, 9.17) is 16.1 Å². The summed E-state index contributed by atoms with van der Waals surface area (Å²) < 4.78 is 5.36. The van der Waals surface area contributed by atoms with Gasteiger partial charge in [0.15, 0.2) is 5.96 Å². The minimum atomic E-state index is 0.315. The highest BCUT2D eigenvalue weighted by Crippen LogP contribution is 2.20. The molecule has 0 aliphatic carbocycles. The summed E-state index contributed by atoms with van der Waals surface area (Å²) >= 11 is 6.04. The topological polar surface area (TPSA) is 78.6 Å². The molecule has 8 heteroatoms. The predicted octanol–water partition coefficient (Wildman–Crippen LogP) is 3.72. The second kappa shape index (κ2) is 9.63. The molecule has 1 atom stereocenters. The van der Waals surface area contributed by atoms with Crippen molar-refractivity contribution in [1.29, 1.82) is 0 Å². The van der Waals surface area contributed by atoms with Crippen LogP contribution in [0.2, 0.25) is 5.02 Å². The third-order valence-corrected chi connectivity index (χ3v) is 5.30. The van der Waals surface area contributed by atoms with Crippen LogP contribution in [-0.2, 0) is 6.54 Å². The number of halogens is 1. The van der Waals surface area contributed by atoms with Crippen LogP contribution in [0.5, 0.6) is 0 Å². The van der Waals surface area contributed by atoms with Gasteiger partial charge in [-0.3, -0.25) is 4.99 Å². The third-order valence-electron chi connectivity index (χ3n) is 5.07. The van der Waals surface area contributed by atoms with E-state index in [-0.39, 0.29) is 0 Å². The van der Waals surface area contributed by atoms with Gasteiger partial charge < -0.3 is 20.1 Å². The SMILES string of the molecule is CN=C(NCc1nc(-c2cccc(Cl)c2)no1)NC1CCCN(c2ccccc2)C1. The van der Waals surface area contributed by atoms with E-state index in [1.165, 1.54) is 5.69 Å². The van der Waals surface area contributed by atoms with Crippen molar-refractivity contribution in [2.24, 2.45) is 4.99 Å². The Morgan fingerprint density at radius 2 is 2.10 bits per heavy atom. The lowest BCUT2D eigenvalue weighted by Crippen LogP contribution is -2.51. The van der Waals surface area contributed by atoms with Gasteiger partial charge in [0.1, 0.15) is 0 Å². The van der Waals surface area contributed by atoms with Crippen LogP contribution in [-0.4, -0.2) is 42.3 Å². The van der Waals surface area contributed by atoms with Crippen molar-refractivity contribution < 1.29 is 4.52 Å². The molecule has 2 heterocycles. The number of piperidine rings is 1. The van der Waals surface area contributed by atoms with Crippen LogP contribution in [0.1, 0.15) is 18.7 Å². The lowest BCUT2D eigenvalue weighted by atomic mass is 10.1. The van der Waals surface area contributed by atoms with Crippen molar-refractivity contribution in [2.75, 3.05) is 25.0 Å². The number of nitrogens with one attached hydrogen (secondary N) is 2. The van der Waals surface area contributed by atoms with Crippen molar-refractivity contribution in [2.45, 2.75) is 25.4 Å². The van der Waals surface area contributed by atoms with Crippen LogP contribution in [0.25, 0.3) is 11.4 Å². The summed E-state index contributed by atoms with van der Waals surface area (Å²) in [4.78, 5) is 11.2. The van der Waals surface area contributed by atoms with Crippen LogP contribution in [0.15, 0.2) is 64.1 Å². The lowest BCUT2D eigenvalue weighted by Gasteiger charge is -2.35. The van der Waals surface area contributed by atoms with Gasteiger partial charge >= 0.3 is 0 Å². The molecule has 1 aliphatic heterocycles. The van der Waals surface area contributed by atoms with E-state index < -0.39 is 0 Å². The van der Waals surface area contributed by atoms with E-state index in [1.807, 2.05) is 30.3 Å². The molecule has 0 spiro atoms. The Labute approximate surface area is 181 Å². The molecule has 3 aromatic rings. The fourth-order valence-electron chi connectivity index (χ4n) is 3.59. The highest BCUT2D eigenvalue weighted by molar-refractivity contribution is 6.30. The molecule has 1 aromatic heterocycles. The lowest BCUT2D eigenvalue weighted by molar-refractivity contribution is 0.374. The van der Waals surface area contributed by atoms with Crippen molar-refractivity contribution in [3.63, 3.8) is 0 Å². The maximum absolute atomic E-state index is 6.04. The van der Waals surface area contributed by atoms with Gasteiger partial charge in [0.25, 0.3) is 0 Å². The van der Waals surface area contributed by atoms with Crippen LogP contribution >= 0.6 is 11.6 Å². The summed E-state index contributed by atoms with van der Waals surface area (Å²) in [5, 5.41) is 11.4. The Bertz CT molecular complexity index is 990. The van der Waals surface area contributed by atoms with E-state index in [9.17, 15) is 0 Å². The van der Waals surface area contributed by atoms with Gasteiger partial charge in [0.2, 0.25) is 11.7 Å². The molecule has 2 aromatic carbocycles. The van der Waals surface area contributed by atoms with Gasteiger partial charge in [0, 0.05) is 42.5 Å². The number of para-hydroxylation sites is 1. The first-order valence-corrected chi connectivity index (χ1v) is 10.4. The molecule has 1 fully saturated rings. The van der Waals surface area contributed by atoms with E-state index >= 15 is 0 Å². The second-order valence-electron chi connectivity index (χ2n) is 7.21. The fourth-order valence-corrected chi connectivity index (χ4v) is 3.78. The number of aromatic nitrogens is 2. The van der Waals surface area contributed by atoms with Gasteiger partial charge in [-0.15, -0.1) is 0 Å². The zero-order valence-electron chi connectivity index (χ0n) is 16.9. The Kier molecular flexibility index (Phi) is 6.49. The van der Waals surface area contributed by atoms with E-state index in [0.717, 1.165) is 37.5 Å². The number of rotatable bonds is 5. The standard InChI is InChI=1S/C22H25ClN6O/c1-24-22(26-18-9-6-12-29(15-18)19-10-3-2-4-11-19)25-14-20-27-21(28-30-20)16-7-5-8-17(23)13-16/h2-5,7-8,10-11,13,18H,6,9,12,14-15H2,1H3,(H2,24,25,26). The first kappa shape index (κ1) is 20.2. The summed E-state index contributed by atoms with van der Waals surface area (Å²) in [6, 6.07) is 18.2. The van der Waals surface area contributed by atoms with Gasteiger partial charge in [-0.1, -0.05) is 47.1 Å². The molecular weight excluding hydrogens is 400 g/mol. The number of hydrogen-bond donors (Lipinski definition) is 2. The highest BCUT2D eigenvalue weighted by Gasteiger charge is 2.21. The largest absolute Gasteiger partial charge is 0.369 e. The number of benzene rings is 2. The van der Waals surface area contributed by atoms with Crippen molar-refractivity contribution in [3.05, 3.63) is 65.5 Å². The van der Waals surface area contributed by atoms with Gasteiger partial charge in [-0.25, -0.2) is 0 Å². The zero-order chi connectivity index (χ0) is 20.8. The van der Waals surface area contributed by atoms with Crippen LogP contribution in [0, 0.1) is 0 Å². The van der Waals surface area contributed by atoms with Crippen molar-refractivity contribution in [3.8, 4) is 11.4 Å². The maximum atomic E-state index is 6.04. The molecule has 1 unspecified atom stereocenters. The van der Waals surface area contributed by atoms with Crippen molar-refractivity contribution >= 4 is 23.2 Å². The molecule has 156 valence electrons. The molecular formula is C22H25ClN6O. The molecule has 0 bridgehead atoms. The van der Waals surface area contributed by atoms with Gasteiger partial charge in [0.05, 0.1) is 6.54 Å². The van der Waals surface area contributed by atoms with Gasteiger partial charge in [-0.05, 0) is 37.1 Å². The summed E-state index contributed by atoms with van der Waals surface area (Å²) in [6.07, 6.45) is 2.24. The van der Waals surface area contributed by atoms with E-state index in [2.05, 4.69) is 54.9 Å². The Morgan fingerprint density at radius 3 is 2.90 bits per heavy atom. The predicted molar refractivity (Wildman–Crippen MR) is 120 cm³/mol. The Morgan fingerprint density at radius 1 is 1.23 bits per heavy atom. The summed E-state index contributed by atoms with van der Waals surface area (Å²) in [5.41, 5.74) is 2.08. The Hall–Kier alpha value is -3.06. The second-order valence-corrected chi connectivity index (χ2v) is 7.65. The summed E-state index contributed by atoms with van der Waals surface area (Å²) in [6.45, 7) is 2.40. The normalized spacial score (nSPS) is 17.1. The average molecular weight is 425 g/mol. The molecule has 1 aliphatic rings. The molecule has 0 radical (unpaired) electrons. The molecule has 0 saturated carbocycles. The van der Waals surface area contributed by atoms with Crippen LogP contribution in [0.4, 0.5) is 5.69 Å².